The molecule has 0 amide bonds. The molecule has 1 aromatic heterocycles. The Morgan fingerprint density at radius 2 is 1.02 bits per heavy atom. The fraction of sp³-hybridized carbons (Fsp3) is 0.133. The Bertz CT molecular complexity index is 3280. The van der Waals surface area contributed by atoms with Crippen LogP contribution in [0.5, 0.6) is 0 Å². The third-order valence-electron chi connectivity index (χ3n) is 14.3. The van der Waals surface area contributed by atoms with Crippen LogP contribution in [0.4, 0.5) is 17.1 Å². The molecule has 62 heavy (non-hydrogen) atoms. The molecule has 1 heterocycles. The lowest BCUT2D eigenvalue weighted by Crippen LogP contribution is -2.18. The van der Waals surface area contributed by atoms with Crippen LogP contribution in [-0.2, 0) is 10.8 Å². The summed E-state index contributed by atoms with van der Waals surface area (Å²) in [5, 5.41) is 2.56. The molecular weight excluding hydrogens is 749 g/mol. The molecule has 0 radical (unpaired) electrons. The van der Waals surface area contributed by atoms with Gasteiger partial charge in [0, 0.05) is 44.2 Å². The van der Waals surface area contributed by atoms with Crippen LogP contribution in [0, 0.1) is 0 Å². The lowest BCUT2D eigenvalue weighted by molar-refractivity contribution is 0.651. The van der Waals surface area contributed by atoms with Crippen LogP contribution in [-0.4, -0.2) is 4.57 Å². The van der Waals surface area contributed by atoms with Gasteiger partial charge in [0.05, 0.1) is 16.7 Å². The summed E-state index contributed by atoms with van der Waals surface area (Å²) in [6.45, 7) is 9.61. The van der Waals surface area contributed by atoms with E-state index in [2.05, 4.69) is 231 Å². The maximum atomic E-state index is 2.49. The molecule has 0 saturated heterocycles. The van der Waals surface area contributed by atoms with Gasteiger partial charge in [-0.2, -0.15) is 0 Å². The summed E-state index contributed by atoms with van der Waals surface area (Å²) in [5.74, 6) is 0. The Hall–Kier alpha value is -7.16. The zero-order valence-electron chi connectivity index (χ0n) is 35.8. The molecule has 12 rings (SSSR count). The number of para-hydroxylation sites is 2. The zero-order chi connectivity index (χ0) is 41.7. The molecule has 0 atom stereocenters. The van der Waals surface area contributed by atoms with Gasteiger partial charge in [-0.05, 0) is 135 Å². The Labute approximate surface area is 364 Å². The van der Waals surface area contributed by atoms with Crippen molar-refractivity contribution in [3.63, 3.8) is 0 Å². The number of hydrogen-bond acceptors (Lipinski definition) is 1. The van der Waals surface area contributed by atoms with E-state index in [0.717, 1.165) is 24.2 Å². The third-order valence-corrected chi connectivity index (χ3v) is 14.3. The number of rotatable bonds is 6. The molecule has 298 valence electrons. The van der Waals surface area contributed by atoms with Crippen molar-refractivity contribution in [3.05, 3.63) is 222 Å². The first-order valence-electron chi connectivity index (χ1n) is 22.2. The summed E-state index contributed by atoms with van der Waals surface area (Å²) in [6, 6.07) is 67.8. The SMILES string of the molecule is CC1(C)C2=C(CCC=C2)c2ccc(N(c3ccc(-c4cccc(-c5ccccc5)c4)cc3)c3ccc4c(c3)C(C)(C)c3cccc(-n5c6ccccc6c6ccccc65)c3-4)cc21. The second kappa shape index (κ2) is 13.7. The lowest BCUT2D eigenvalue weighted by atomic mass is 9.80. The van der Waals surface area contributed by atoms with Crippen LogP contribution >= 0.6 is 0 Å². The number of fused-ring (bicyclic) bond motifs is 8. The Morgan fingerprint density at radius 3 is 1.71 bits per heavy atom. The Morgan fingerprint density at radius 1 is 0.452 bits per heavy atom. The van der Waals surface area contributed by atoms with Crippen molar-refractivity contribution in [2.75, 3.05) is 4.90 Å². The second-order valence-electron chi connectivity index (χ2n) is 18.4. The summed E-state index contributed by atoms with van der Waals surface area (Å²) >= 11 is 0. The first-order valence-corrected chi connectivity index (χ1v) is 22.2. The van der Waals surface area contributed by atoms with Crippen LogP contribution < -0.4 is 4.90 Å². The standard InChI is InChI=1S/C60H48N2/c1-59(2)51-23-11-8-20-46(51)47-34-32-44(37-53(47)59)61(43-30-28-40(29-31-43)42-19-14-18-41(36-42)39-16-6-5-7-17-39)45-33-35-50-54(38-45)60(3,4)52-24-15-27-57(58(50)52)62-55-25-12-9-21-48(55)49-22-10-13-26-56(49)62/h5-7,9-19,21-38H,8,20H2,1-4H3. The van der Waals surface area contributed by atoms with Gasteiger partial charge >= 0.3 is 0 Å². The summed E-state index contributed by atoms with van der Waals surface area (Å²) in [4.78, 5) is 2.49. The minimum Gasteiger partial charge on any atom is -0.310 e. The monoisotopic (exact) mass is 796 g/mol. The minimum atomic E-state index is -0.218. The molecule has 2 heteroatoms. The van der Waals surface area contributed by atoms with E-state index in [1.54, 1.807) is 0 Å². The number of allylic oxidation sites excluding steroid dienone is 4. The number of benzene rings is 8. The zero-order valence-corrected chi connectivity index (χ0v) is 35.8. The maximum absolute atomic E-state index is 2.49. The van der Waals surface area contributed by atoms with Gasteiger partial charge in [0.1, 0.15) is 0 Å². The molecule has 8 aromatic carbocycles. The van der Waals surface area contributed by atoms with Crippen molar-refractivity contribution in [1.29, 1.82) is 0 Å². The van der Waals surface area contributed by atoms with Gasteiger partial charge in [-0.15, -0.1) is 0 Å². The van der Waals surface area contributed by atoms with Gasteiger partial charge in [-0.25, -0.2) is 0 Å². The number of nitrogens with zero attached hydrogens (tertiary/aromatic N) is 2. The van der Waals surface area contributed by atoms with E-state index in [0.29, 0.717) is 0 Å². The quantitative estimate of drug-likeness (QED) is 0.163. The summed E-state index contributed by atoms with van der Waals surface area (Å²) in [5.41, 5.74) is 22.9. The molecule has 3 aliphatic rings. The van der Waals surface area contributed by atoms with Gasteiger partial charge < -0.3 is 9.47 Å². The highest BCUT2D eigenvalue weighted by atomic mass is 15.1. The molecule has 3 aliphatic carbocycles. The van der Waals surface area contributed by atoms with E-state index in [-0.39, 0.29) is 10.8 Å². The van der Waals surface area contributed by atoms with E-state index >= 15 is 0 Å². The van der Waals surface area contributed by atoms with E-state index in [1.165, 1.54) is 100.0 Å². The second-order valence-corrected chi connectivity index (χ2v) is 18.4. The summed E-state index contributed by atoms with van der Waals surface area (Å²) in [7, 11) is 0. The normalized spacial score (nSPS) is 15.4. The molecule has 0 spiro atoms. The maximum Gasteiger partial charge on any atom is 0.0543 e. The van der Waals surface area contributed by atoms with Crippen molar-refractivity contribution >= 4 is 44.4 Å². The molecule has 0 aliphatic heterocycles. The van der Waals surface area contributed by atoms with Gasteiger partial charge in [-0.1, -0.05) is 161 Å². The topological polar surface area (TPSA) is 8.17 Å². The highest BCUT2D eigenvalue weighted by molar-refractivity contribution is 6.10. The van der Waals surface area contributed by atoms with Crippen molar-refractivity contribution < 1.29 is 0 Å². The van der Waals surface area contributed by atoms with E-state index in [9.17, 15) is 0 Å². The van der Waals surface area contributed by atoms with Crippen molar-refractivity contribution in [1.82, 2.24) is 4.57 Å². The number of anilines is 3. The smallest absolute Gasteiger partial charge is 0.0543 e. The van der Waals surface area contributed by atoms with E-state index in [4.69, 9.17) is 0 Å². The molecule has 0 fully saturated rings. The van der Waals surface area contributed by atoms with Crippen LogP contribution in [0.2, 0.25) is 0 Å². The highest BCUT2D eigenvalue weighted by Gasteiger charge is 2.40. The largest absolute Gasteiger partial charge is 0.310 e. The molecule has 2 nitrogen and oxygen atoms in total. The van der Waals surface area contributed by atoms with Crippen LogP contribution in [0.3, 0.4) is 0 Å². The summed E-state index contributed by atoms with van der Waals surface area (Å²) < 4.78 is 2.49. The lowest BCUT2D eigenvalue weighted by Gasteiger charge is -2.30. The first kappa shape index (κ1) is 36.7. The number of aromatic nitrogens is 1. The third kappa shape index (κ3) is 5.42. The molecule has 0 bridgehead atoms. The molecule has 0 unspecified atom stereocenters. The van der Waals surface area contributed by atoms with Gasteiger partial charge in [0.15, 0.2) is 0 Å². The predicted molar refractivity (Wildman–Crippen MR) is 262 cm³/mol. The van der Waals surface area contributed by atoms with E-state index < -0.39 is 0 Å². The fourth-order valence-corrected chi connectivity index (χ4v) is 11.1. The van der Waals surface area contributed by atoms with Crippen LogP contribution in [0.25, 0.3) is 66.4 Å². The van der Waals surface area contributed by atoms with Crippen LogP contribution in [0.15, 0.2) is 200 Å². The van der Waals surface area contributed by atoms with Gasteiger partial charge in [0.2, 0.25) is 0 Å². The molecule has 0 N–H and O–H groups in total. The van der Waals surface area contributed by atoms with Gasteiger partial charge in [0.25, 0.3) is 0 Å². The molecular formula is C60H48N2. The minimum absolute atomic E-state index is 0.0678. The van der Waals surface area contributed by atoms with Crippen molar-refractivity contribution in [2.24, 2.45) is 0 Å². The molecule has 0 saturated carbocycles. The van der Waals surface area contributed by atoms with Crippen LogP contribution in [0.1, 0.15) is 62.8 Å². The van der Waals surface area contributed by atoms with Gasteiger partial charge in [-0.3, -0.25) is 0 Å². The average molecular weight is 797 g/mol. The van der Waals surface area contributed by atoms with Crippen molar-refractivity contribution in [2.45, 2.75) is 51.4 Å². The predicted octanol–water partition coefficient (Wildman–Crippen LogP) is 16.3. The average Bonchev–Trinajstić information content (AvgIpc) is 3.86. The molecule has 9 aromatic rings. The fourth-order valence-electron chi connectivity index (χ4n) is 11.1. The highest BCUT2D eigenvalue weighted by Crippen LogP contribution is 2.55. The number of hydrogen-bond donors (Lipinski definition) is 0. The Balaban J connectivity index is 1.01. The van der Waals surface area contributed by atoms with E-state index in [1.807, 2.05) is 0 Å². The summed E-state index contributed by atoms with van der Waals surface area (Å²) in [6.07, 6.45) is 6.95. The first-order chi connectivity index (χ1) is 30.3. The van der Waals surface area contributed by atoms with Crippen molar-refractivity contribution in [3.8, 4) is 39.1 Å². The Kier molecular flexibility index (Phi) is 8.09.